The summed E-state index contributed by atoms with van der Waals surface area (Å²) in [6, 6.07) is 17.6. The summed E-state index contributed by atoms with van der Waals surface area (Å²) in [6.45, 7) is 0.295. The van der Waals surface area contributed by atoms with E-state index < -0.39 is 34.8 Å². The third kappa shape index (κ3) is 6.14. The molecule has 0 unspecified atom stereocenters. The van der Waals surface area contributed by atoms with Gasteiger partial charge >= 0.3 is 0 Å². The van der Waals surface area contributed by atoms with Gasteiger partial charge in [-0.25, -0.2) is 4.39 Å². The van der Waals surface area contributed by atoms with Crippen molar-refractivity contribution in [3.05, 3.63) is 93.9 Å². The fourth-order valence-electron chi connectivity index (χ4n) is 3.73. The van der Waals surface area contributed by atoms with Crippen LogP contribution in [0.25, 0.3) is 0 Å². The summed E-state index contributed by atoms with van der Waals surface area (Å²) < 4.78 is 15.0. The third-order valence-corrected chi connectivity index (χ3v) is 7.26. The molecule has 35 heavy (non-hydrogen) atoms. The smallest absolute Gasteiger partial charge is 0.262 e. The van der Waals surface area contributed by atoms with Crippen molar-refractivity contribution in [2.75, 3.05) is 0 Å². The molecule has 180 valence electrons. The number of aliphatic imine (C=N–C) groups is 1. The number of halogens is 1. The van der Waals surface area contributed by atoms with Crippen LogP contribution in [-0.2, 0) is 27.5 Å². The highest BCUT2D eigenvalue weighted by Crippen LogP contribution is 2.30. The summed E-state index contributed by atoms with van der Waals surface area (Å²) in [4.78, 5) is 45.0. The Balaban J connectivity index is 1.66. The molecule has 2 atom stereocenters. The molecule has 0 fully saturated rings. The Kier molecular flexibility index (Phi) is 7.94. The number of benzene rings is 2. The number of nitrogens with zero attached hydrogens (tertiary/aromatic N) is 2. The highest BCUT2D eigenvalue weighted by atomic mass is 32.2. The molecule has 0 saturated carbocycles. The molecule has 0 radical (unpaired) electrons. The van der Waals surface area contributed by atoms with Crippen molar-refractivity contribution in [3.8, 4) is 0 Å². The standard InChI is InChI=1S/C25H23FN4O3S2/c26-19-11-5-4-10-18(19)22(24(33)28-14-16-7-2-1-3-8-16)30(15-17-9-6-12-34-17)21(31)13-20-23(32)29-25(27)35-20/h1-12,20,22H,13-15H2,(H,28,33)(H2,27,29,32)/t20-,22-/m1/s1. The lowest BCUT2D eigenvalue weighted by atomic mass is 10.0. The number of thiophene rings is 1. The minimum Gasteiger partial charge on any atom is -0.378 e. The lowest BCUT2D eigenvalue weighted by Crippen LogP contribution is -2.44. The molecule has 3 amide bonds. The molecule has 1 aliphatic heterocycles. The van der Waals surface area contributed by atoms with Gasteiger partial charge in [0.15, 0.2) is 5.17 Å². The van der Waals surface area contributed by atoms with Gasteiger partial charge in [0.05, 0.1) is 6.54 Å². The molecule has 0 bridgehead atoms. The topological polar surface area (TPSA) is 105 Å². The number of carbonyl (C=O) groups is 3. The van der Waals surface area contributed by atoms with Crippen LogP contribution in [0, 0.1) is 5.82 Å². The Labute approximate surface area is 210 Å². The van der Waals surface area contributed by atoms with Gasteiger partial charge in [0, 0.05) is 23.4 Å². The first-order chi connectivity index (χ1) is 16.9. The molecule has 1 aromatic heterocycles. The molecular weight excluding hydrogens is 487 g/mol. The van der Waals surface area contributed by atoms with Crippen LogP contribution in [0.2, 0.25) is 0 Å². The monoisotopic (exact) mass is 510 g/mol. The minimum absolute atomic E-state index is 0.0733. The van der Waals surface area contributed by atoms with Crippen LogP contribution in [-0.4, -0.2) is 33.0 Å². The van der Waals surface area contributed by atoms with Crippen molar-refractivity contribution < 1.29 is 18.8 Å². The van der Waals surface area contributed by atoms with E-state index in [1.54, 1.807) is 6.07 Å². The number of nitrogens with two attached hydrogens (primary N) is 1. The SMILES string of the molecule is NC1=NC(=O)[C@@H](CC(=O)N(Cc2cccs2)[C@@H](C(=O)NCc2ccccc2)c2ccccc2F)S1. The van der Waals surface area contributed by atoms with E-state index in [9.17, 15) is 18.8 Å². The maximum Gasteiger partial charge on any atom is 0.262 e. The van der Waals surface area contributed by atoms with E-state index >= 15 is 0 Å². The number of thioether (sulfide) groups is 1. The molecule has 3 aromatic rings. The number of carbonyl (C=O) groups excluding carboxylic acids is 3. The zero-order valence-electron chi connectivity index (χ0n) is 18.6. The Morgan fingerprint density at radius 3 is 2.49 bits per heavy atom. The fourth-order valence-corrected chi connectivity index (χ4v) is 5.25. The lowest BCUT2D eigenvalue weighted by molar-refractivity contribution is -0.142. The van der Waals surface area contributed by atoms with Gasteiger partial charge in [-0.15, -0.1) is 11.3 Å². The lowest BCUT2D eigenvalue weighted by Gasteiger charge is -2.32. The van der Waals surface area contributed by atoms with Crippen molar-refractivity contribution in [1.29, 1.82) is 0 Å². The Morgan fingerprint density at radius 2 is 1.83 bits per heavy atom. The van der Waals surface area contributed by atoms with Gasteiger partial charge in [0.1, 0.15) is 17.1 Å². The van der Waals surface area contributed by atoms with Crippen LogP contribution < -0.4 is 11.1 Å². The molecule has 7 nitrogen and oxygen atoms in total. The van der Waals surface area contributed by atoms with Gasteiger partial charge in [0.2, 0.25) is 11.8 Å². The largest absolute Gasteiger partial charge is 0.378 e. The number of hydrogen-bond acceptors (Lipinski definition) is 6. The second-order valence-electron chi connectivity index (χ2n) is 7.83. The zero-order chi connectivity index (χ0) is 24.8. The molecule has 0 saturated heterocycles. The van der Waals surface area contributed by atoms with Crippen LogP contribution in [0.1, 0.15) is 28.5 Å². The summed E-state index contributed by atoms with van der Waals surface area (Å²) in [5.74, 6) is -2.09. The van der Waals surface area contributed by atoms with Crippen molar-refractivity contribution in [3.63, 3.8) is 0 Å². The van der Waals surface area contributed by atoms with Gasteiger partial charge in [-0.2, -0.15) is 4.99 Å². The molecule has 2 aromatic carbocycles. The number of amides is 3. The van der Waals surface area contributed by atoms with Gasteiger partial charge < -0.3 is 16.0 Å². The number of nitrogens with one attached hydrogen (secondary N) is 1. The van der Waals surface area contributed by atoms with Gasteiger partial charge in [-0.3, -0.25) is 14.4 Å². The van der Waals surface area contributed by atoms with Crippen LogP contribution >= 0.6 is 23.1 Å². The molecule has 0 aliphatic carbocycles. The maximum absolute atomic E-state index is 15.0. The van der Waals surface area contributed by atoms with Gasteiger partial charge in [0.25, 0.3) is 5.91 Å². The van der Waals surface area contributed by atoms with Crippen LogP contribution in [0.5, 0.6) is 0 Å². The van der Waals surface area contributed by atoms with Gasteiger partial charge in [-0.05, 0) is 23.1 Å². The predicted molar refractivity (Wildman–Crippen MR) is 135 cm³/mol. The molecule has 1 aliphatic rings. The van der Waals surface area contributed by atoms with Gasteiger partial charge in [-0.1, -0.05) is 66.4 Å². The minimum atomic E-state index is -1.24. The quantitative estimate of drug-likeness (QED) is 0.458. The first-order valence-electron chi connectivity index (χ1n) is 10.8. The summed E-state index contributed by atoms with van der Waals surface area (Å²) in [5, 5.41) is 4.02. The van der Waals surface area contributed by atoms with Crippen LogP contribution in [0.3, 0.4) is 0 Å². The Bertz CT molecular complexity index is 1230. The normalized spacial score (nSPS) is 16.0. The van der Waals surface area contributed by atoms with Crippen molar-refractivity contribution in [2.45, 2.75) is 30.8 Å². The van der Waals surface area contributed by atoms with Crippen LogP contribution in [0.4, 0.5) is 4.39 Å². The predicted octanol–water partition coefficient (Wildman–Crippen LogP) is 3.62. The zero-order valence-corrected chi connectivity index (χ0v) is 20.2. The fraction of sp³-hybridized carbons (Fsp3) is 0.200. The molecule has 10 heteroatoms. The molecule has 0 spiro atoms. The average Bonchev–Trinajstić information content (AvgIpc) is 3.47. The first-order valence-corrected chi connectivity index (χ1v) is 12.6. The second kappa shape index (κ2) is 11.3. The average molecular weight is 511 g/mol. The molecular formula is C25H23FN4O3S2. The summed E-state index contributed by atoms with van der Waals surface area (Å²) in [6.07, 6.45) is -0.212. The van der Waals surface area contributed by atoms with E-state index in [1.165, 1.54) is 34.4 Å². The number of rotatable bonds is 9. The van der Waals surface area contributed by atoms with Crippen molar-refractivity contribution in [2.24, 2.45) is 10.7 Å². The van der Waals surface area contributed by atoms with Crippen molar-refractivity contribution >= 4 is 46.0 Å². The number of hydrogen-bond donors (Lipinski definition) is 2. The first kappa shape index (κ1) is 24.6. The number of amidine groups is 1. The van der Waals surface area contributed by atoms with E-state index in [0.717, 1.165) is 22.2 Å². The summed E-state index contributed by atoms with van der Waals surface area (Å²) in [7, 11) is 0. The second-order valence-corrected chi connectivity index (χ2v) is 10.1. The van der Waals surface area contributed by atoms with E-state index in [4.69, 9.17) is 5.73 Å². The molecule has 2 heterocycles. The summed E-state index contributed by atoms with van der Waals surface area (Å²) in [5.41, 5.74) is 6.58. The van der Waals surface area contributed by atoms with E-state index in [0.29, 0.717) is 0 Å². The Morgan fingerprint density at radius 1 is 1.09 bits per heavy atom. The summed E-state index contributed by atoms with van der Waals surface area (Å²) >= 11 is 2.43. The molecule has 4 rings (SSSR count). The van der Waals surface area contributed by atoms with Crippen molar-refractivity contribution in [1.82, 2.24) is 10.2 Å². The van der Waals surface area contributed by atoms with E-state index in [-0.39, 0.29) is 30.2 Å². The third-order valence-electron chi connectivity index (χ3n) is 5.41. The highest BCUT2D eigenvalue weighted by molar-refractivity contribution is 8.15. The van der Waals surface area contributed by atoms with E-state index in [2.05, 4.69) is 10.3 Å². The maximum atomic E-state index is 15.0. The molecule has 3 N–H and O–H groups in total. The highest BCUT2D eigenvalue weighted by Gasteiger charge is 2.37. The van der Waals surface area contributed by atoms with Crippen LogP contribution in [0.15, 0.2) is 77.1 Å². The van der Waals surface area contributed by atoms with E-state index in [1.807, 2.05) is 47.8 Å². The Hall–Kier alpha value is -3.50.